The van der Waals surface area contributed by atoms with Crippen molar-refractivity contribution in [1.82, 2.24) is 4.90 Å². The van der Waals surface area contributed by atoms with Gasteiger partial charge in [-0.3, -0.25) is 4.79 Å². The van der Waals surface area contributed by atoms with E-state index in [4.69, 9.17) is 11.6 Å². The lowest BCUT2D eigenvalue weighted by Gasteiger charge is -2.28. The van der Waals surface area contributed by atoms with Gasteiger partial charge in [0.15, 0.2) is 0 Å². The van der Waals surface area contributed by atoms with E-state index in [1.807, 2.05) is 23.1 Å². The van der Waals surface area contributed by atoms with Crippen LogP contribution in [0.1, 0.15) is 30.6 Å². The van der Waals surface area contributed by atoms with Crippen LogP contribution in [0.25, 0.3) is 0 Å². The number of carbonyl (C=O) groups is 1. The second kappa shape index (κ2) is 5.90. The topological polar surface area (TPSA) is 20.3 Å². The number of carbonyl (C=O) groups excluding carboxylic acids is 1. The fourth-order valence-electron chi connectivity index (χ4n) is 3.79. The first-order valence-corrected chi connectivity index (χ1v) is 8.50. The van der Waals surface area contributed by atoms with Crippen LogP contribution in [0.5, 0.6) is 0 Å². The van der Waals surface area contributed by atoms with Crippen LogP contribution in [0.2, 0.25) is 4.34 Å². The quantitative estimate of drug-likeness (QED) is 0.740. The number of hydrogen-bond acceptors (Lipinski definition) is 2. The van der Waals surface area contributed by atoms with Crippen LogP contribution in [-0.4, -0.2) is 17.4 Å². The smallest absolute Gasteiger partial charge is 0.226 e. The van der Waals surface area contributed by atoms with Crippen LogP contribution in [-0.2, 0) is 11.3 Å². The van der Waals surface area contributed by atoms with Crippen LogP contribution in [0.4, 0.5) is 0 Å². The molecule has 1 amide bonds. The van der Waals surface area contributed by atoms with E-state index < -0.39 is 0 Å². The second-order valence-electron chi connectivity index (χ2n) is 5.99. The van der Waals surface area contributed by atoms with Crippen molar-refractivity contribution in [2.24, 2.45) is 17.8 Å². The SMILES string of the molecule is C=CCN(Cc1ccc(Cl)s1)C(=O)C1CC2CCC1C2. The Bertz CT molecular complexity index is 512. The number of rotatable bonds is 5. The molecule has 1 heterocycles. The van der Waals surface area contributed by atoms with Crippen molar-refractivity contribution in [3.8, 4) is 0 Å². The first-order chi connectivity index (χ1) is 9.67. The molecule has 0 spiro atoms. The molecule has 0 radical (unpaired) electrons. The average molecular weight is 310 g/mol. The van der Waals surface area contributed by atoms with Gasteiger partial charge >= 0.3 is 0 Å². The molecule has 0 N–H and O–H groups in total. The number of halogens is 1. The predicted octanol–water partition coefficient (Wildman–Crippen LogP) is 4.35. The molecule has 3 rings (SSSR count). The van der Waals surface area contributed by atoms with Gasteiger partial charge in [0.2, 0.25) is 5.91 Å². The highest BCUT2D eigenvalue weighted by Gasteiger charge is 2.44. The summed E-state index contributed by atoms with van der Waals surface area (Å²) in [5, 5.41) is 0. The van der Waals surface area contributed by atoms with Gasteiger partial charge in [-0.25, -0.2) is 0 Å². The van der Waals surface area contributed by atoms with E-state index in [1.54, 1.807) is 11.3 Å². The fourth-order valence-corrected chi connectivity index (χ4v) is 4.90. The van der Waals surface area contributed by atoms with Crippen LogP contribution < -0.4 is 0 Å². The molecule has 2 aliphatic carbocycles. The number of hydrogen-bond donors (Lipinski definition) is 0. The Kier molecular flexibility index (Phi) is 4.18. The minimum atomic E-state index is 0.254. The van der Waals surface area contributed by atoms with Crippen molar-refractivity contribution >= 4 is 28.8 Å². The fraction of sp³-hybridized carbons (Fsp3) is 0.562. The summed E-state index contributed by atoms with van der Waals surface area (Å²) in [6, 6.07) is 3.91. The summed E-state index contributed by atoms with van der Waals surface area (Å²) in [7, 11) is 0. The number of amides is 1. The number of nitrogens with zero attached hydrogens (tertiary/aromatic N) is 1. The zero-order valence-corrected chi connectivity index (χ0v) is 13.1. The highest BCUT2D eigenvalue weighted by Crippen LogP contribution is 2.49. The van der Waals surface area contributed by atoms with Crippen molar-refractivity contribution in [2.45, 2.75) is 32.2 Å². The van der Waals surface area contributed by atoms with E-state index in [0.717, 1.165) is 21.6 Å². The van der Waals surface area contributed by atoms with E-state index in [-0.39, 0.29) is 5.92 Å². The standard InChI is InChI=1S/C16H20ClNOS/c1-2-7-18(10-13-5-6-15(17)20-13)16(19)14-9-11-3-4-12(14)8-11/h2,5-6,11-12,14H,1,3-4,7-10H2. The van der Waals surface area contributed by atoms with E-state index in [2.05, 4.69) is 6.58 Å². The number of fused-ring (bicyclic) bond motifs is 2. The molecule has 0 aromatic carbocycles. The molecule has 4 heteroatoms. The maximum absolute atomic E-state index is 12.8. The van der Waals surface area contributed by atoms with E-state index in [9.17, 15) is 4.79 Å². The zero-order valence-electron chi connectivity index (χ0n) is 11.6. The van der Waals surface area contributed by atoms with Gasteiger partial charge < -0.3 is 4.90 Å². The predicted molar refractivity (Wildman–Crippen MR) is 83.9 cm³/mol. The van der Waals surface area contributed by atoms with Gasteiger partial charge in [-0.2, -0.15) is 0 Å². The summed E-state index contributed by atoms with van der Waals surface area (Å²) in [4.78, 5) is 15.9. The highest BCUT2D eigenvalue weighted by atomic mass is 35.5. The van der Waals surface area contributed by atoms with Crippen LogP contribution in [0.15, 0.2) is 24.8 Å². The van der Waals surface area contributed by atoms with Gasteiger partial charge in [0, 0.05) is 17.3 Å². The maximum Gasteiger partial charge on any atom is 0.226 e. The molecular formula is C16H20ClNOS. The summed E-state index contributed by atoms with van der Waals surface area (Å²) >= 11 is 7.53. The van der Waals surface area contributed by atoms with Crippen LogP contribution in [0, 0.1) is 17.8 Å². The van der Waals surface area contributed by atoms with Crippen molar-refractivity contribution in [1.29, 1.82) is 0 Å². The van der Waals surface area contributed by atoms with Gasteiger partial charge in [-0.1, -0.05) is 24.1 Å². The summed E-state index contributed by atoms with van der Waals surface area (Å²) < 4.78 is 0.783. The lowest BCUT2D eigenvalue weighted by atomic mass is 9.87. The number of thiophene rings is 1. The normalized spacial score (nSPS) is 27.8. The molecule has 0 aliphatic heterocycles. The Labute approximate surface area is 129 Å². The Hall–Kier alpha value is -0.800. The average Bonchev–Trinajstić information content (AvgIpc) is 3.14. The molecule has 3 atom stereocenters. The summed E-state index contributed by atoms with van der Waals surface area (Å²) in [5.41, 5.74) is 0. The van der Waals surface area contributed by atoms with Crippen LogP contribution >= 0.6 is 22.9 Å². The highest BCUT2D eigenvalue weighted by molar-refractivity contribution is 7.16. The van der Waals surface area contributed by atoms with Crippen LogP contribution in [0.3, 0.4) is 0 Å². The molecule has 1 aromatic rings. The molecule has 2 aliphatic rings. The summed E-state index contributed by atoms with van der Waals surface area (Å²) in [6.07, 6.45) is 6.76. The van der Waals surface area contributed by atoms with Crippen molar-refractivity contribution in [3.05, 3.63) is 34.0 Å². The summed E-state index contributed by atoms with van der Waals surface area (Å²) in [6.45, 7) is 5.08. The Morgan fingerprint density at radius 1 is 1.45 bits per heavy atom. The Balaban J connectivity index is 1.69. The molecule has 108 valence electrons. The molecule has 3 unspecified atom stereocenters. The van der Waals surface area contributed by atoms with E-state index in [1.165, 1.54) is 19.3 Å². The third kappa shape index (κ3) is 2.79. The Morgan fingerprint density at radius 2 is 2.30 bits per heavy atom. The largest absolute Gasteiger partial charge is 0.334 e. The Morgan fingerprint density at radius 3 is 2.85 bits per heavy atom. The van der Waals surface area contributed by atoms with Gasteiger partial charge in [0.1, 0.15) is 0 Å². The van der Waals surface area contributed by atoms with E-state index >= 15 is 0 Å². The van der Waals surface area contributed by atoms with Crippen molar-refractivity contribution < 1.29 is 4.79 Å². The van der Waals surface area contributed by atoms with E-state index in [0.29, 0.717) is 24.9 Å². The van der Waals surface area contributed by atoms with Crippen molar-refractivity contribution in [2.75, 3.05) is 6.54 Å². The molecular weight excluding hydrogens is 290 g/mol. The summed E-state index contributed by atoms with van der Waals surface area (Å²) in [5.74, 6) is 2.01. The third-order valence-corrected chi connectivity index (χ3v) is 5.91. The first-order valence-electron chi connectivity index (χ1n) is 7.31. The first kappa shape index (κ1) is 14.2. The molecule has 0 saturated heterocycles. The van der Waals surface area contributed by atoms with Gasteiger partial charge in [-0.05, 0) is 43.2 Å². The zero-order chi connectivity index (χ0) is 14.1. The molecule has 2 fully saturated rings. The lowest BCUT2D eigenvalue weighted by Crippen LogP contribution is -2.37. The maximum atomic E-state index is 12.8. The van der Waals surface area contributed by atoms with Crippen molar-refractivity contribution in [3.63, 3.8) is 0 Å². The second-order valence-corrected chi connectivity index (χ2v) is 7.79. The molecule has 20 heavy (non-hydrogen) atoms. The molecule has 1 aromatic heterocycles. The molecule has 2 nitrogen and oxygen atoms in total. The van der Waals surface area contributed by atoms with Gasteiger partial charge in [0.25, 0.3) is 0 Å². The minimum Gasteiger partial charge on any atom is -0.334 e. The minimum absolute atomic E-state index is 0.254. The van der Waals surface area contributed by atoms with Gasteiger partial charge in [0.05, 0.1) is 10.9 Å². The molecule has 2 saturated carbocycles. The lowest BCUT2D eigenvalue weighted by molar-refractivity contribution is -0.137. The molecule has 2 bridgehead atoms. The van der Waals surface area contributed by atoms with Gasteiger partial charge in [-0.15, -0.1) is 17.9 Å². The third-order valence-electron chi connectivity index (χ3n) is 4.69. The monoisotopic (exact) mass is 309 g/mol.